The second kappa shape index (κ2) is 7.66. The molecule has 0 fully saturated rings. The molecular weight excluding hydrogens is 405 g/mol. The van der Waals surface area contributed by atoms with E-state index in [-0.39, 0.29) is 10.2 Å². The highest BCUT2D eigenvalue weighted by Crippen LogP contribution is 2.30. The Hall–Kier alpha value is -3.62. The van der Waals surface area contributed by atoms with Gasteiger partial charge in [-0.3, -0.25) is 15.0 Å². The molecule has 4 aromatic rings. The van der Waals surface area contributed by atoms with Crippen LogP contribution in [-0.2, 0) is 10.4 Å². The summed E-state index contributed by atoms with van der Waals surface area (Å²) >= 11 is 5.19. The molecule has 0 unspecified atom stereocenters. The van der Waals surface area contributed by atoms with Gasteiger partial charge in [-0.1, -0.05) is 60.7 Å². The first-order valence-electron chi connectivity index (χ1n) is 9.01. The molecule has 1 aromatic heterocycles. The number of aromatic amines is 1. The van der Waals surface area contributed by atoms with Gasteiger partial charge in [0.2, 0.25) is 0 Å². The molecule has 3 N–H and O–H groups in total. The predicted octanol–water partition coefficient (Wildman–Crippen LogP) is 3.20. The molecule has 0 atom stereocenters. The Morgan fingerprint density at radius 3 is 2.13 bits per heavy atom. The van der Waals surface area contributed by atoms with Crippen molar-refractivity contribution in [2.75, 3.05) is 5.43 Å². The Balaban J connectivity index is 1.85. The third kappa shape index (κ3) is 3.32. The minimum atomic E-state index is -2.10. The van der Waals surface area contributed by atoms with Gasteiger partial charge in [0.1, 0.15) is 5.82 Å². The molecule has 8 heteroatoms. The molecule has 0 aliphatic rings. The predicted molar refractivity (Wildman–Crippen MR) is 114 cm³/mol. The van der Waals surface area contributed by atoms with Crippen molar-refractivity contribution in [1.82, 2.24) is 9.66 Å². The summed E-state index contributed by atoms with van der Waals surface area (Å²) in [5.41, 5.74) is 0.520. The van der Waals surface area contributed by atoms with Crippen molar-refractivity contribution in [3.8, 4) is 0 Å². The minimum absolute atomic E-state index is 0.00635. The van der Waals surface area contributed by atoms with Gasteiger partial charge in [-0.2, -0.15) is 4.68 Å². The zero-order valence-corrected chi connectivity index (χ0v) is 16.3. The summed E-state index contributed by atoms with van der Waals surface area (Å²) in [5, 5.41) is 11.5. The number of hydrogen-bond donors (Lipinski definition) is 3. The van der Waals surface area contributed by atoms with Crippen LogP contribution in [-0.4, -0.2) is 20.7 Å². The highest BCUT2D eigenvalue weighted by Gasteiger charge is 2.40. The minimum Gasteiger partial charge on any atom is -0.372 e. The van der Waals surface area contributed by atoms with Crippen LogP contribution in [0, 0.1) is 10.6 Å². The zero-order valence-electron chi connectivity index (χ0n) is 15.5. The number of amides is 1. The van der Waals surface area contributed by atoms with Crippen LogP contribution in [0.5, 0.6) is 0 Å². The molecule has 0 aliphatic heterocycles. The highest BCUT2D eigenvalue weighted by molar-refractivity contribution is 7.71. The van der Waals surface area contributed by atoms with Gasteiger partial charge in [0.15, 0.2) is 10.4 Å². The molecule has 4 rings (SSSR count). The van der Waals surface area contributed by atoms with E-state index < -0.39 is 22.9 Å². The molecule has 3 aromatic carbocycles. The van der Waals surface area contributed by atoms with Crippen molar-refractivity contribution < 1.29 is 14.3 Å². The summed E-state index contributed by atoms with van der Waals surface area (Å²) in [6.45, 7) is 0. The van der Waals surface area contributed by atoms with Crippen molar-refractivity contribution in [3.63, 3.8) is 0 Å². The molecule has 0 bridgehead atoms. The first kappa shape index (κ1) is 19.7. The maximum atomic E-state index is 13.6. The van der Waals surface area contributed by atoms with Gasteiger partial charge in [0, 0.05) is 0 Å². The fourth-order valence-corrected chi connectivity index (χ4v) is 3.50. The van der Waals surface area contributed by atoms with E-state index in [1.807, 2.05) is 0 Å². The lowest BCUT2D eigenvalue weighted by Gasteiger charge is -2.28. The number of fused-ring (bicyclic) bond motifs is 1. The third-order valence-electron chi connectivity index (χ3n) is 4.78. The summed E-state index contributed by atoms with van der Waals surface area (Å²) in [5.74, 6) is -1.50. The zero-order chi connectivity index (χ0) is 21.3. The molecule has 0 spiro atoms. The van der Waals surface area contributed by atoms with Crippen molar-refractivity contribution in [3.05, 3.63) is 111 Å². The van der Waals surface area contributed by atoms with Crippen LogP contribution in [0.1, 0.15) is 11.1 Å². The molecule has 0 radical (unpaired) electrons. The monoisotopic (exact) mass is 421 g/mol. The first-order valence-corrected chi connectivity index (χ1v) is 9.41. The van der Waals surface area contributed by atoms with Gasteiger partial charge in [0.05, 0.1) is 10.9 Å². The number of hydrogen-bond acceptors (Lipinski definition) is 4. The van der Waals surface area contributed by atoms with E-state index in [0.717, 1.165) is 10.7 Å². The summed E-state index contributed by atoms with van der Waals surface area (Å²) in [7, 11) is 0. The first-order chi connectivity index (χ1) is 14.4. The van der Waals surface area contributed by atoms with E-state index in [1.165, 1.54) is 12.1 Å². The second-order valence-corrected chi connectivity index (χ2v) is 7.03. The number of aliphatic hydroxyl groups is 1. The highest BCUT2D eigenvalue weighted by atomic mass is 32.1. The van der Waals surface area contributed by atoms with Gasteiger partial charge in [-0.05, 0) is 41.5 Å². The number of nitrogens with one attached hydrogen (secondary N) is 2. The average molecular weight is 421 g/mol. The Bertz CT molecular complexity index is 1310. The van der Waals surface area contributed by atoms with E-state index in [4.69, 9.17) is 12.2 Å². The second-order valence-electron chi connectivity index (χ2n) is 6.64. The number of H-pyrrole nitrogens is 1. The fraction of sp³-hybridized carbons (Fsp3) is 0.0455. The Morgan fingerprint density at radius 2 is 1.57 bits per heavy atom. The lowest BCUT2D eigenvalue weighted by molar-refractivity contribution is -0.132. The van der Waals surface area contributed by atoms with Crippen molar-refractivity contribution in [2.24, 2.45) is 0 Å². The quantitative estimate of drug-likeness (QED) is 0.442. The van der Waals surface area contributed by atoms with Gasteiger partial charge < -0.3 is 10.1 Å². The number of nitrogens with zero attached hydrogens (tertiary/aromatic N) is 1. The lowest BCUT2D eigenvalue weighted by Crippen LogP contribution is -2.47. The Morgan fingerprint density at radius 1 is 1.00 bits per heavy atom. The van der Waals surface area contributed by atoms with Crippen LogP contribution in [0.2, 0.25) is 0 Å². The van der Waals surface area contributed by atoms with Gasteiger partial charge in [-0.25, -0.2) is 4.39 Å². The van der Waals surface area contributed by atoms with Crippen LogP contribution in [0.4, 0.5) is 4.39 Å². The smallest absolute Gasteiger partial charge is 0.281 e. The van der Waals surface area contributed by atoms with E-state index in [1.54, 1.807) is 60.7 Å². The summed E-state index contributed by atoms with van der Waals surface area (Å²) in [4.78, 5) is 28.9. The standard InChI is InChI=1S/C22H16FN3O3S/c23-16-11-12-18-17(13-16)19(27)26(21(30)24-18)25-20(28)22(29,14-7-3-1-4-8-14)15-9-5-2-6-10-15/h1-13,29H,(H,24,30)(H,25,28). The van der Waals surface area contributed by atoms with E-state index >= 15 is 0 Å². The molecule has 0 saturated heterocycles. The number of carbonyl (C=O) groups excluding carboxylic acids is 1. The number of rotatable bonds is 4. The average Bonchev–Trinajstić information content (AvgIpc) is 2.77. The van der Waals surface area contributed by atoms with Crippen molar-refractivity contribution in [2.45, 2.75) is 5.60 Å². The number of halogens is 1. The molecule has 0 aliphatic carbocycles. The van der Waals surface area contributed by atoms with Crippen LogP contribution in [0.15, 0.2) is 83.7 Å². The molecule has 30 heavy (non-hydrogen) atoms. The van der Waals surface area contributed by atoms with Gasteiger partial charge >= 0.3 is 0 Å². The maximum Gasteiger partial charge on any atom is 0.281 e. The van der Waals surface area contributed by atoms with Crippen LogP contribution < -0.4 is 11.0 Å². The SMILES string of the molecule is O=C(Nn1c(=S)[nH]c2ccc(F)cc2c1=O)C(O)(c1ccccc1)c1ccccc1. The summed E-state index contributed by atoms with van der Waals surface area (Å²) in [6.07, 6.45) is 0. The lowest BCUT2D eigenvalue weighted by atomic mass is 9.85. The number of aromatic nitrogens is 2. The van der Waals surface area contributed by atoms with E-state index in [2.05, 4.69) is 10.4 Å². The largest absolute Gasteiger partial charge is 0.372 e. The summed E-state index contributed by atoms with van der Waals surface area (Å²) in [6, 6.07) is 20.3. The molecule has 1 heterocycles. The maximum absolute atomic E-state index is 13.6. The van der Waals surface area contributed by atoms with Crippen LogP contribution >= 0.6 is 12.2 Å². The van der Waals surface area contributed by atoms with Crippen molar-refractivity contribution >= 4 is 29.0 Å². The third-order valence-corrected chi connectivity index (χ3v) is 5.07. The Kier molecular flexibility index (Phi) is 5.03. The van der Waals surface area contributed by atoms with Gasteiger partial charge in [0.25, 0.3) is 11.5 Å². The fourth-order valence-electron chi connectivity index (χ4n) is 3.26. The molecule has 150 valence electrons. The number of carbonyl (C=O) groups is 1. The topological polar surface area (TPSA) is 87.1 Å². The normalized spacial score (nSPS) is 11.4. The summed E-state index contributed by atoms with van der Waals surface area (Å²) < 4.78 is 14.3. The number of benzene rings is 3. The molecular formula is C22H16FN3O3S. The Labute approximate surface area is 175 Å². The molecule has 1 amide bonds. The molecule has 0 saturated carbocycles. The van der Waals surface area contributed by atoms with E-state index in [0.29, 0.717) is 16.6 Å². The van der Waals surface area contributed by atoms with E-state index in [9.17, 15) is 19.1 Å². The molecule has 6 nitrogen and oxygen atoms in total. The van der Waals surface area contributed by atoms with Crippen LogP contribution in [0.3, 0.4) is 0 Å². The van der Waals surface area contributed by atoms with Crippen LogP contribution in [0.25, 0.3) is 10.9 Å². The van der Waals surface area contributed by atoms with Crippen molar-refractivity contribution in [1.29, 1.82) is 0 Å². The van der Waals surface area contributed by atoms with Gasteiger partial charge in [-0.15, -0.1) is 0 Å².